The molecule has 2 aromatic rings. The molecule has 136 valence electrons. The van der Waals surface area contributed by atoms with Crippen LogP contribution in [0, 0.1) is 18.7 Å². The van der Waals surface area contributed by atoms with Crippen LogP contribution in [0.5, 0.6) is 0 Å². The largest absolute Gasteiger partial charge is 0.350 e. The van der Waals surface area contributed by atoms with Crippen molar-refractivity contribution >= 4 is 17.5 Å². The van der Waals surface area contributed by atoms with E-state index >= 15 is 0 Å². The van der Waals surface area contributed by atoms with Crippen LogP contribution < -0.4 is 10.6 Å². The maximum atomic E-state index is 13.3. The van der Waals surface area contributed by atoms with Gasteiger partial charge in [-0.25, -0.2) is 4.39 Å². The molecular formula is C21H23FN2O2. The Labute approximate surface area is 152 Å². The fourth-order valence-electron chi connectivity index (χ4n) is 3.16. The molecule has 0 saturated heterocycles. The maximum absolute atomic E-state index is 13.3. The molecule has 0 aliphatic heterocycles. The van der Waals surface area contributed by atoms with Crippen LogP contribution in [0.3, 0.4) is 0 Å². The van der Waals surface area contributed by atoms with Gasteiger partial charge in [-0.1, -0.05) is 12.1 Å². The smallest absolute Gasteiger partial charge is 0.251 e. The Morgan fingerprint density at radius 3 is 2.58 bits per heavy atom. The third-order valence-corrected chi connectivity index (χ3v) is 4.56. The Hall–Kier alpha value is -2.69. The number of aryl methyl sites for hydroxylation is 1. The minimum Gasteiger partial charge on any atom is -0.350 e. The first kappa shape index (κ1) is 18.1. The Balaban J connectivity index is 1.64. The van der Waals surface area contributed by atoms with Crippen molar-refractivity contribution < 1.29 is 14.0 Å². The molecule has 3 rings (SSSR count). The predicted molar refractivity (Wildman–Crippen MR) is 99.7 cm³/mol. The van der Waals surface area contributed by atoms with Crippen LogP contribution in [-0.2, 0) is 4.79 Å². The lowest BCUT2D eigenvalue weighted by atomic mass is 10.1. The molecule has 2 aromatic carbocycles. The highest BCUT2D eigenvalue weighted by molar-refractivity contribution is 5.98. The van der Waals surface area contributed by atoms with Crippen molar-refractivity contribution in [3.05, 3.63) is 65.0 Å². The molecule has 4 nitrogen and oxygen atoms in total. The number of rotatable bonds is 5. The van der Waals surface area contributed by atoms with Crippen molar-refractivity contribution in [1.82, 2.24) is 5.32 Å². The van der Waals surface area contributed by atoms with Gasteiger partial charge in [0.1, 0.15) is 5.82 Å². The lowest BCUT2D eigenvalue weighted by molar-refractivity contribution is -0.117. The summed E-state index contributed by atoms with van der Waals surface area (Å²) < 4.78 is 13.3. The molecule has 0 radical (unpaired) electrons. The van der Waals surface area contributed by atoms with E-state index in [1.807, 2.05) is 26.8 Å². The van der Waals surface area contributed by atoms with Gasteiger partial charge in [0.25, 0.3) is 5.91 Å². The van der Waals surface area contributed by atoms with E-state index < -0.39 is 0 Å². The Kier molecular flexibility index (Phi) is 5.07. The van der Waals surface area contributed by atoms with E-state index in [4.69, 9.17) is 0 Å². The molecule has 2 atom stereocenters. The van der Waals surface area contributed by atoms with E-state index in [0.29, 0.717) is 11.3 Å². The molecule has 1 aliphatic carbocycles. The standard InChI is InChI=1S/C21H23FN2O2/c1-12(2)23-20(25)17-8-7-16(9-13(17)3)24-21(26)19-11-18(19)14-5-4-6-15(22)10-14/h4-10,12,18-19H,11H2,1-3H3,(H,23,25)(H,24,26). The molecule has 2 amide bonds. The summed E-state index contributed by atoms with van der Waals surface area (Å²) in [5, 5.41) is 5.76. The van der Waals surface area contributed by atoms with E-state index in [2.05, 4.69) is 10.6 Å². The van der Waals surface area contributed by atoms with Crippen molar-refractivity contribution in [2.24, 2.45) is 5.92 Å². The second-order valence-corrected chi connectivity index (χ2v) is 7.15. The van der Waals surface area contributed by atoms with E-state index in [1.165, 1.54) is 12.1 Å². The van der Waals surface area contributed by atoms with Gasteiger partial charge in [0.15, 0.2) is 0 Å². The molecule has 0 aromatic heterocycles. The van der Waals surface area contributed by atoms with Gasteiger partial charge in [-0.3, -0.25) is 9.59 Å². The third-order valence-electron chi connectivity index (χ3n) is 4.56. The summed E-state index contributed by atoms with van der Waals surface area (Å²) in [7, 11) is 0. The molecule has 2 N–H and O–H groups in total. The fourth-order valence-corrected chi connectivity index (χ4v) is 3.16. The van der Waals surface area contributed by atoms with Gasteiger partial charge >= 0.3 is 0 Å². The molecule has 0 bridgehead atoms. The van der Waals surface area contributed by atoms with Gasteiger partial charge in [-0.05, 0) is 74.6 Å². The summed E-state index contributed by atoms with van der Waals surface area (Å²) >= 11 is 0. The van der Waals surface area contributed by atoms with Crippen LogP contribution in [0.25, 0.3) is 0 Å². The Bertz CT molecular complexity index is 848. The van der Waals surface area contributed by atoms with Gasteiger partial charge in [-0.2, -0.15) is 0 Å². The van der Waals surface area contributed by atoms with Crippen LogP contribution in [0.2, 0.25) is 0 Å². The molecule has 2 unspecified atom stereocenters. The summed E-state index contributed by atoms with van der Waals surface area (Å²) in [5.74, 6) is -0.537. The van der Waals surface area contributed by atoms with E-state index in [1.54, 1.807) is 24.3 Å². The van der Waals surface area contributed by atoms with Crippen molar-refractivity contribution in [3.8, 4) is 0 Å². The quantitative estimate of drug-likeness (QED) is 0.852. The molecule has 1 aliphatic rings. The number of nitrogens with one attached hydrogen (secondary N) is 2. The number of benzene rings is 2. The van der Waals surface area contributed by atoms with Gasteiger partial charge in [0.2, 0.25) is 5.91 Å². The number of carbonyl (C=O) groups is 2. The minimum atomic E-state index is -0.278. The SMILES string of the molecule is Cc1cc(NC(=O)C2CC2c2cccc(F)c2)ccc1C(=O)NC(C)C. The zero-order valence-corrected chi connectivity index (χ0v) is 15.2. The summed E-state index contributed by atoms with van der Waals surface area (Å²) in [5.41, 5.74) is 2.93. The topological polar surface area (TPSA) is 58.2 Å². The number of hydrogen-bond donors (Lipinski definition) is 2. The monoisotopic (exact) mass is 354 g/mol. The molecular weight excluding hydrogens is 331 g/mol. The molecule has 26 heavy (non-hydrogen) atoms. The maximum Gasteiger partial charge on any atom is 0.251 e. The summed E-state index contributed by atoms with van der Waals surface area (Å²) in [6.45, 7) is 5.66. The van der Waals surface area contributed by atoms with E-state index in [9.17, 15) is 14.0 Å². The van der Waals surface area contributed by atoms with E-state index in [-0.39, 0.29) is 35.5 Å². The highest BCUT2D eigenvalue weighted by atomic mass is 19.1. The lowest BCUT2D eigenvalue weighted by Crippen LogP contribution is -2.30. The number of hydrogen-bond acceptors (Lipinski definition) is 2. The first-order chi connectivity index (χ1) is 12.3. The van der Waals surface area contributed by atoms with Gasteiger partial charge in [0, 0.05) is 23.2 Å². The van der Waals surface area contributed by atoms with Crippen LogP contribution in [0.4, 0.5) is 10.1 Å². The van der Waals surface area contributed by atoms with E-state index in [0.717, 1.165) is 17.5 Å². The van der Waals surface area contributed by atoms with Gasteiger partial charge in [-0.15, -0.1) is 0 Å². The Morgan fingerprint density at radius 2 is 1.92 bits per heavy atom. The molecule has 1 fully saturated rings. The lowest BCUT2D eigenvalue weighted by Gasteiger charge is -2.12. The van der Waals surface area contributed by atoms with Crippen molar-refractivity contribution in [1.29, 1.82) is 0 Å². The van der Waals surface area contributed by atoms with Crippen LogP contribution in [0.1, 0.15) is 47.7 Å². The van der Waals surface area contributed by atoms with Gasteiger partial charge in [0.05, 0.1) is 0 Å². The zero-order chi connectivity index (χ0) is 18.8. The van der Waals surface area contributed by atoms with Crippen LogP contribution in [0.15, 0.2) is 42.5 Å². The summed E-state index contributed by atoms with van der Waals surface area (Å²) in [4.78, 5) is 24.6. The predicted octanol–water partition coefficient (Wildman–Crippen LogP) is 4.01. The first-order valence-electron chi connectivity index (χ1n) is 8.83. The minimum absolute atomic E-state index is 0.0657. The highest BCUT2D eigenvalue weighted by Gasteiger charge is 2.44. The van der Waals surface area contributed by atoms with Crippen LogP contribution >= 0.6 is 0 Å². The normalized spacial score (nSPS) is 18.5. The second-order valence-electron chi connectivity index (χ2n) is 7.15. The Morgan fingerprint density at radius 1 is 1.15 bits per heavy atom. The molecule has 0 heterocycles. The van der Waals surface area contributed by atoms with Crippen molar-refractivity contribution in [2.45, 2.75) is 39.2 Å². The molecule has 1 saturated carbocycles. The summed E-state index contributed by atoms with van der Waals surface area (Å²) in [6.07, 6.45) is 0.725. The second kappa shape index (κ2) is 7.28. The first-order valence-corrected chi connectivity index (χ1v) is 8.83. The number of anilines is 1. The van der Waals surface area contributed by atoms with Gasteiger partial charge < -0.3 is 10.6 Å². The zero-order valence-electron chi connectivity index (χ0n) is 15.2. The average molecular weight is 354 g/mol. The fraction of sp³-hybridized carbons (Fsp3) is 0.333. The molecule has 0 spiro atoms. The average Bonchev–Trinajstić information content (AvgIpc) is 3.35. The van der Waals surface area contributed by atoms with Crippen molar-refractivity contribution in [3.63, 3.8) is 0 Å². The number of carbonyl (C=O) groups excluding carboxylic acids is 2. The number of halogens is 1. The van der Waals surface area contributed by atoms with Crippen molar-refractivity contribution in [2.75, 3.05) is 5.32 Å². The highest BCUT2D eigenvalue weighted by Crippen LogP contribution is 2.48. The summed E-state index contributed by atoms with van der Waals surface area (Å²) in [6, 6.07) is 11.7. The number of amides is 2. The van der Waals surface area contributed by atoms with Crippen LogP contribution in [-0.4, -0.2) is 17.9 Å². The third kappa shape index (κ3) is 4.10. The molecule has 5 heteroatoms.